The lowest BCUT2D eigenvalue weighted by Gasteiger charge is -2.39. The Balaban J connectivity index is 1.86. The molecule has 4 nitrogen and oxygen atoms in total. The molecule has 4 heteroatoms. The minimum absolute atomic E-state index is 0.0448. The molecular formula is C15H28N2O2. The van der Waals surface area contributed by atoms with Crippen LogP contribution in [0.15, 0.2) is 0 Å². The van der Waals surface area contributed by atoms with Crippen molar-refractivity contribution in [3.63, 3.8) is 0 Å². The highest BCUT2D eigenvalue weighted by atomic mass is 16.3. The number of hydrogen-bond donors (Lipinski definition) is 2. The third-order valence-electron chi connectivity index (χ3n) is 5.06. The van der Waals surface area contributed by atoms with E-state index in [1.807, 2.05) is 11.9 Å². The number of rotatable bonds is 4. The number of aliphatic hydroxyl groups excluding tert-OH is 1. The van der Waals surface area contributed by atoms with Gasteiger partial charge in [-0.25, -0.2) is 0 Å². The normalized spacial score (nSPS) is 24.4. The van der Waals surface area contributed by atoms with E-state index in [1.54, 1.807) is 0 Å². The summed E-state index contributed by atoms with van der Waals surface area (Å²) < 4.78 is 0. The largest absolute Gasteiger partial charge is 0.396 e. The molecule has 0 aromatic rings. The lowest BCUT2D eigenvalue weighted by molar-refractivity contribution is -0.134. The Bertz CT molecular complexity index is 293. The van der Waals surface area contributed by atoms with Crippen LogP contribution >= 0.6 is 0 Å². The Morgan fingerprint density at radius 3 is 2.42 bits per heavy atom. The van der Waals surface area contributed by atoms with Crippen LogP contribution in [0.4, 0.5) is 0 Å². The van der Waals surface area contributed by atoms with Gasteiger partial charge in [0.25, 0.3) is 0 Å². The van der Waals surface area contributed by atoms with Crippen LogP contribution in [-0.4, -0.2) is 48.2 Å². The molecule has 1 amide bonds. The molecule has 2 fully saturated rings. The molecular weight excluding hydrogens is 240 g/mol. The first-order valence-electron chi connectivity index (χ1n) is 7.77. The van der Waals surface area contributed by atoms with Crippen molar-refractivity contribution in [3.05, 3.63) is 0 Å². The number of hydrogen-bond acceptors (Lipinski definition) is 3. The first-order valence-corrected chi connectivity index (χ1v) is 7.77. The molecule has 2 N–H and O–H groups in total. The second-order valence-corrected chi connectivity index (χ2v) is 6.27. The molecule has 0 aromatic carbocycles. The Labute approximate surface area is 116 Å². The summed E-state index contributed by atoms with van der Waals surface area (Å²) >= 11 is 0. The fourth-order valence-corrected chi connectivity index (χ4v) is 3.51. The van der Waals surface area contributed by atoms with Crippen LogP contribution in [0.5, 0.6) is 0 Å². The van der Waals surface area contributed by atoms with Gasteiger partial charge in [0.15, 0.2) is 0 Å². The van der Waals surface area contributed by atoms with Gasteiger partial charge in [-0.2, -0.15) is 0 Å². The number of carbonyl (C=O) groups is 1. The predicted octanol–water partition coefficient (Wildman–Crippen LogP) is 1.53. The monoisotopic (exact) mass is 268 g/mol. The van der Waals surface area contributed by atoms with Gasteiger partial charge in [-0.15, -0.1) is 0 Å². The molecule has 2 rings (SSSR count). The molecule has 1 saturated heterocycles. The average molecular weight is 268 g/mol. The SMILES string of the molecule is CNC1(CC(=O)N2CCC(CO)CC2)CCCCC1. The maximum Gasteiger partial charge on any atom is 0.224 e. The molecule has 0 unspecified atom stereocenters. The maximum atomic E-state index is 12.4. The summed E-state index contributed by atoms with van der Waals surface area (Å²) in [5.74, 6) is 0.699. The van der Waals surface area contributed by atoms with E-state index in [9.17, 15) is 4.79 Å². The molecule has 1 saturated carbocycles. The van der Waals surface area contributed by atoms with E-state index in [4.69, 9.17) is 5.11 Å². The van der Waals surface area contributed by atoms with Crippen LogP contribution in [0.2, 0.25) is 0 Å². The van der Waals surface area contributed by atoms with Crippen molar-refractivity contribution in [1.82, 2.24) is 10.2 Å². The Hall–Kier alpha value is -0.610. The van der Waals surface area contributed by atoms with Gasteiger partial charge in [-0.05, 0) is 38.6 Å². The zero-order chi connectivity index (χ0) is 13.7. The first-order chi connectivity index (χ1) is 9.19. The Morgan fingerprint density at radius 2 is 1.89 bits per heavy atom. The van der Waals surface area contributed by atoms with Gasteiger partial charge in [0.1, 0.15) is 0 Å². The first kappa shape index (κ1) is 14.8. The zero-order valence-electron chi connectivity index (χ0n) is 12.2. The van der Waals surface area contributed by atoms with Crippen LogP contribution in [0, 0.1) is 5.92 Å². The van der Waals surface area contributed by atoms with Gasteiger partial charge in [-0.3, -0.25) is 4.79 Å². The van der Waals surface area contributed by atoms with Gasteiger partial charge in [0.05, 0.1) is 0 Å². The van der Waals surface area contributed by atoms with Crippen molar-refractivity contribution >= 4 is 5.91 Å². The molecule has 1 aliphatic heterocycles. The Morgan fingerprint density at radius 1 is 1.26 bits per heavy atom. The van der Waals surface area contributed by atoms with Crippen molar-refractivity contribution < 1.29 is 9.90 Å². The van der Waals surface area contributed by atoms with E-state index in [-0.39, 0.29) is 12.1 Å². The lowest BCUT2D eigenvalue weighted by atomic mass is 9.79. The molecule has 1 aliphatic carbocycles. The maximum absolute atomic E-state index is 12.4. The molecule has 19 heavy (non-hydrogen) atoms. The fraction of sp³-hybridized carbons (Fsp3) is 0.933. The second kappa shape index (κ2) is 6.71. The standard InChI is InChI=1S/C15H28N2O2/c1-16-15(7-3-2-4-8-15)11-14(19)17-9-5-13(12-18)6-10-17/h13,16,18H,2-12H2,1H3. The van der Waals surface area contributed by atoms with Crippen LogP contribution < -0.4 is 5.32 Å². The van der Waals surface area contributed by atoms with Gasteiger partial charge in [-0.1, -0.05) is 19.3 Å². The van der Waals surface area contributed by atoms with Crippen molar-refractivity contribution in [2.75, 3.05) is 26.7 Å². The highest BCUT2D eigenvalue weighted by Crippen LogP contribution is 2.31. The van der Waals surface area contributed by atoms with E-state index < -0.39 is 0 Å². The number of amides is 1. The Kier molecular flexibility index (Phi) is 5.22. The quantitative estimate of drug-likeness (QED) is 0.813. The number of piperidine rings is 1. The van der Waals surface area contributed by atoms with E-state index in [0.29, 0.717) is 18.2 Å². The predicted molar refractivity (Wildman–Crippen MR) is 75.9 cm³/mol. The average Bonchev–Trinajstić information content (AvgIpc) is 2.48. The van der Waals surface area contributed by atoms with E-state index in [2.05, 4.69) is 5.32 Å². The van der Waals surface area contributed by atoms with Crippen molar-refractivity contribution in [3.8, 4) is 0 Å². The molecule has 0 radical (unpaired) electrons. The summed E-state index contributed by atoms with van der Waals surface area (Å²) in [4.78, 5) is 14.4. The molecule has 110 valence electrons. The number of likely N-dealkylation sites (tertiary alicyclic amines) is 1. The van der Waals surface area contributed by atoms with Crippen LogP contribution in [0.3, 0.4) is 0 Å². The second-order valence-electron chi connectivity index (χ2n) is 6.27. The van der Waals surface area contributed by atoms with Crippen LogP contribution in [-0.2, 0) is 4.79 Å². The number of nitrogens with one attached hydrogen (secondary N) is 1. The third-order valence-corrected chi connectivity index (χ3v) is 5.06. The highest BCUT2D eigenvalue weighted by molar-refractivity contribution is 5.77. The minimum Gasteiger partial charge on any atom is -0.396 e. The molecule has 0 atom stereocenters. The van der Waals surface area contributed by atoms with Crippen molar-refractivity contribution in [2.45, 2.75) is 56.9 Å². The highest BCUT2D eigenvalue weighted by Gasteiger charge is 2.34. The molecule has 0 bridgehead atoms. The van der Waals surface area contributed by atoms with Crippen LogP contribution in [0.1, 0.15) is 51.4 Å². The van der Waals surface area contributed by atoms with E-state index >= 15 is 0 Å². The summed E-state index contributed by atoms with van der Waals surface area (Å²) in [6.45, 7) is 1.91. The fourth-order valence-electron chi connectivity index (χ4n) is 3.51. The smallest absolute Gasteiger partial charge is 0.224 e. The van der Waals surface area contributed by atoms with Gasteiger partial charge >= 0.3 is 0 Å². The number of nitrogens with zero attached hydrogens (tertiary/aromatic N) is 1. The van der Waals surface area contributed by atoms with Gasteiger partial charge in [0, 0.05) is 31.7 Å². The summed E-state index contributed by atoms with van der Waals surface area (Å²) in [6.07, 6.45) is 8.59. The molecule has 2 aliphatic rings. The van der Waals surface area contributed by atoms with Crippen molar-refractivity contribution in [2.24, 2.45) is 5.92 Å². The number of carbonyl (C=O) groups excluding carboxylic acids is 1. The number of aliphatic hydroxyl groups is 1. The van der Waals surface area contributed by atoms with Gasteiger partial charge < -0.3 is 15.3 Å². The lowest BCUT2D eigenvalue weighted by Crippen LogP contribution is -2.50. The molecule has 0 spiro atoms. The minimum atomic E-state index is 0.0448. The van der Waals surface area contributed by atoms with Gasteiger partial charge in [0.2, 0.25) is 5.91 Å². The summed E-state index contributed by atoms with van der Waals surface area (Å²) in [7, 11) is 2.00. The third kappa shape index (κ3) is 3.69. The zero-order valence-corrected chi connectivity index (χ0v) is 12.2. The summed E-state index contributed by atoms with van der Waals surface area (Å²) in [5, 5.41) is 12.6. The molecule has 0 aromatic heterocycles. The van der Waals surface area contributed by atoms with Crippen LogP contribution in [0.25, 0.3) is 0 Å². The summed E-state index contributed by atoms with van der Waals surface area (Å²) in [5.41, 5.74) is 0.0448. The topological polar surface area (TPSA) is 52.6 Å². The van der Waals surface area contributed by atoms with Crippen molar-refractivity contribution in [1.29, 1.82) is 0 Å². The summed E-state index contributed by atoms with van der Waals surface area (Å²) in [6, 6.07) is 0. The van der Waals surface area contributed by atoms with E-state index in [1.165, 1.54) is 19.3 Å². The molecule has 1 heterocycles. The van der Waals surface area contributed by atoms with E-state index in [0.717, 1.165) is 38.8 Å².